The molecule has 3 aliphatic rings. The molecule has 1 aromatic carbocycles. The van der Waals surface area contributed by atoms with Gasteiger partial charge in [-0.2, -0.15) is 23.2 Å². The molecule has 1 aromatic rings. The Kier molecular flexibility index (Phi) is 4.55. The molecule has 0 spiro atoms. The normalized spacial score (nSPS) is 27.5. The molecule has 31 heavy (non-hydrogen) atoms. The third-order valence-corrected chi connectivity index (χ3v) is 5.74. The quantitative estimate of drug-likeness (QED) is 0.675. The molecule has 3 fully saturated rings. The van der Waals surface area contributed by atoms with Crippen molar-refractivity contribution in [1.82, 2.24) is 4.90 Å². The number of fused-ring (bicyclic) bond motifs is 5. The number of nitrogens with one attached hydrogen (secondary N) is 1. The molecule has 0 radical (unpaired) electrons. The lowest BCUT2D eigenvalue weighted by Gasteiger charge is -2.31. The molecule has 11 heteroatoms. The molecule has 3 saturated heterocycles. The second-order valence-corrected chi connectivity index (χ2v) is 8.88. The highest BCUT2D eigenvalue weighted by Gasteiger charge is 2.66. The predicted molar refractivity (Wildman–Crippen MR) is 98.9 cm³/mol. The van der Waals surface area contributed by atoms with Crippen LogP contribution in [0, 0.1) is 11.3 Å². The van der Waals surface area contributed by atoms with Crippen LogP contribution in [0.4, 0.5) is 28.4 Å². The molecule has 4 amide bonds. The summed E-state index contributed by atoms with van der Waals surface area (Å²) in [5, 5.41) is 8.96. The number of rotatable bonds is 1. The van der Waals surface area contributed by atoms with Gasteiger partial charge in [0.25, 0.3) is 5.91 Å². The number of alkyl halides is 3. The minimum absolute atomic E-state index is 0.256. The largest absolute Gasteiger partial charge is 0.515 e. The number of carbonyl (C=O) groups is 3. The highest BCUT2D eigenvalue weighted by Crippen LogP contribution is 2.39. The second kappa shape index (κ2) is 6.68. The van der Waals surface area contributed by atoms with Crippen LogP contribution >= 0.6 is 0 Å². The fraction of sp³-hybridized carbons (Fsp3) is 0.500. The molecular formula is C20H20F3N4O4+. The predicted octanol–water partition coefficient (Wildman–Crippen LogP) is 1.69. The molecule has 3 heterocycles. The molecule has 3 unspecified atom stereocenters. The van der Waals surface area contributed by atoms with Gasteiger partial charge in [0, 0.05) is 6.42 Å². The number of urea groups is 1. The first-order valence-corrected chi connectivity index (χ1v) is 9.70. The maximum atomic E-state index is 13.3. The van der Waals surface area contributed by atoms with Gasteiger partial charge in [0.05, 0.1) is 28.9 Å². The number of alkyl carbamates (subject to hydrolysis) is 2. The number of ether oxygens (including phenoxy) is 1. The summed E-state index contributed by atoms with van der Waals surface area (Å²) < 4.78 is 45.4. The number of imide groups is 1. The van der Waals surface area contributed by atoms with Gasteiger partial charge in [-0.15, -0.1) is 0 Å². The maximum Gasteiger partial charge on any atom is 0.515 e. The van der Waals surface area contributed by atoms with Crippen LogP contribution in [0.15, 0.2) is 18.2 Å². The fourth-order valence-electron chi connectivity index (χ4n) is 4.60. The van der Waals surface area contributed by atoms with E-state index in [1.54, 1.807) is 20.8 Å². The minimum atomic E-state index is -4.82. The summed E-state index contributed by atoms with van der Waals surface area (Å²) in [4.78, 5) is 41.1. The number of halogens is 3. The molecule has 0 aliphatic carbocycles. The van der Waals surface area contributed by atoms with Crippen LogP contribution in [-0.4, -0.2) is 53.2 Å². The maximum absolute atomic E-state index is 13.3. The van der Waals surface area contributed by atoms with Crippen LogP contribution in [0.5, 0.6) is 0 Å². The van der Waals surface area contributed by atoms with Crippen molar-refractivity contribution in [1.29, 1.82) is 5.26 Å². The van der Waals surface area contributed by atoms with E-state index >= 15 is 0 Å². The highest BCUT2D eigenvalue weighted by molar-refractivity contribution is 6.22. The van der Waals surface area contributed by atoms with Crippen molar-refractivity contribution in [3.05, 3.63) is 29.3 Å². The zero-order valence-electron chi connectivity index (χ0n) is 17.0. The van der Waals surface area contributed by atoms with Crippen molar-refractivity contribution < 1.29 is 37.2 Å². The number of piperazine rings is 1. The third-order valence-electron chi connectivity index (χ3n) is 5.74. The first kappa shape index (κ1) is 21.1. The molecule has 1 N–H and O–H groups in total. The molecule has 8 nitrogen and oxygen atoms in total. The number of nitriles is 1. The Morgan fingerprint density at radius 3 is 2.52 bits per heavy atom. The van der Waals surface area contributed by atoms with Gasteiger partial charge >= 0.3 is 18.3 Å². The van der Waals surface area contributed by atoms with Gasteiger partial charge in [0.1, 0.15) is 18.2 Å². The number of nitrogens with zero attached hydrogens (tertiary/aromatic N) is 3. The Hall–Kier alpha value is -3.13. The first-order valence-electron chi connectivity index (χ1n) is 9.70. The molecule has 3 aliphatic heterocycles. The van der Waals surface area contributed by atoms with Crippen LogP contribution in [0.2, 0.25) is 0 Å². The summed E-state index contributed by atoms with van der Waals surface area (Å²) in [7, 11) is 0. The summed E-state index contributed by atoms with van der Waals surface area (Å²) in [5.74, 6) is -0.684. The zero-order chi connectivity index (χ0) is 22.9. The van der Waals surface area contributed by atoms with Crippen molar-refractivity contribution in [2.24, 2.45) is 0 Å². The van der Waals surface area contributed by atoms with Gasteiger partial charge in [0.15, 0.2) is 6.04 Å². The molecule has 2 bridgehead atoms. The summed E-state index contributed by atoms with van der Waals surface area (Å²) in [5.41, 5.74) is -2.79. The van der Waals surface area contributed by atoms with Gasteiger partial charge in [-0.1, -0.05) is 0 Å². The van der Waals surface area contributed by atoms with E-state index in [-0.39, 0.29) is 18.3 Å². The minimum Gasteiger partial charge on any atom is -0.414 e. The van der Waals surface area contributed by atoms with Gasteiger partial charge in [-0.25, -0.2) is 14.6 Å². The van der Waals surface area contributed by atoms with Gasteiger partial charge in [-0.05, 0) is 39.0 Å². The van der Waals surface area contributed by atoms with Crippen molar-refractivity contribution in [3.8, 4) is 6.07 Å². The van der Waals surface area contributed by atoms with Crippen molar-refractivity contribution >= 4 is 23.7 Å². The molecule has 4 atom stereocenters. The topological polar surface area (TPSA) is 95.1 Å². The van der Waals surface area contributed by atoms with E-state index in [1.165, 1.54) is 11.0 Å². The number of likely N-dealkylation sites (tertiary alicyclic amines) is 1. The van der Waals surface area contributed by atoms with E-state index in [0.29, 0.717) is 22.3 Å². The molecule has 164 valence electrons. The monoisotopic (exact) mass is 437 g/mol. The van der Waals surface area contributed by atoms with E-state index in [9.17, 15) is 27.6 Å². The smallest absolute Gasteiger partial charge is 0.414 e. The van der Waals surface area contributed by atoms with Crippen LogP contribution in [-0.2, 0) is 15.7 Å². The Morgan fingerprint density at radius 1 is 1.26 bits per heavy atom. The Morgan fingerprint density at radius 2 is 1.94 bits per heavy atom. The van der Waals surface area contributed by atoms with Crippen molar-refractivity contribution in [2.45, 2.75) is 57.1 Å². The van der Waals surface area contributed by atoms with Crippen LogP contribution in [0.1, 0.15) is 38.3 Å². The number of amides is 4. The molecule has 0 saturated carbocycles. The lowest BCUT2D eigenvalue weighted by atomic mass is 10.1. The first-order chi connectivity index (χ1) is 14.3. The summed E-state index contributed by atoms with van der Waals surface area (Å²) >= 11 is 0. The number of quaternary nitrogens is 1. The number of carbonyl (C=O) groups excluding carboxylic acids is 3. The van der Waals surface area contributed by atoms with E-state index in [4.69, 9.17) is 10.00 Å². The van der Waals surface area contributed by atoms with E-state index in [0.717, 1.165) is 12.1 Å². The Labute approximate surface area is 175 Å². The standard InChI is InChI=1S/C20H19F3N4O4/c1-19(2,3)31-18(30)25-9-12-7-14(25)15-16(28)27(17(29)26(12)15)11-5-4-10(8-24)13(6-11)20(21,22)23/h4-6,12,14-15H,7,9H2,1-3H3/p+1/t12?,14?,15-/m1/s1. The third kappa shape index (κ3) is 3.31. The SMILES string of the molecule is CC(C)(C)OC(=O)[NH+]1CC2CC1[C@@H]1C(=O)N(c3ccc(C#N)c(C(F)(F)F)c3)C(=O)N21. The van der Waals surface area contributed by atoms with E-state index < -0.39 is 53.0 Å². The van der Waals surface area contributed by atoms with Gasteiger partial charge < -0.3 is 4.74 Å². The number of anilines is 1. The Bertz CT molecular complexity index is 1030. The van der Waals surface area contributed by atoms with Crippen molar-refractivity contribution in [2.75, 3.05) is 11.4 Å². The number of hydrogen-bond acceptors (Lipinski definition) is 5. The molecule has 0 aromatic heterocycles. The van der Waals surface area contributed by atoms with Crippen LogP contribution in [0.25, 0.3) is 0 Å². The van der Waals surface area contributed by atoms with Crippen LogP contribution < -0.4 is 9.80 Å². The average Bonchev–Trinajstić information content (AvgIpc) is 3.31. The van der Waals surface area contributed by atoms with Crippen LogP contribution in [0.3, 0.4) is 0 Å². The average molecular weight is 437 g/mol. The highest BCUT2D eigenvalue weighted by atomic mass is 19.4. The van der Waals surface area contributed by atoms with Gasteiger partial charge in [0.2, 0.25) is 0 Å². The van der Waals surface area contributed by atoms with E-state index in [2.05, 4.69) is 0 Å². The zero-order valence-corrected chi connectivity index (χ0v) is 17.0. The van der Waals surface area contributed by atoms with E-state index in [1.807, 2.05) is 0 Å². The number of hydrogen-bond donors (Lipinski definition) is 1. The summed E-state index contributed by atoms with van der Waals surface area (Å²) in [6, 6.07) is 1.61. The summed E-state index contributed by atoms with van der Waals surface area (Å²) in [6.45, 7) is 5.43. The molecule has 4 rings (SSSR count). The number of benzene rings is 1. The van der Waals surface area contributed by atoms with Gasteiger partial charge in [-0.3, -0.25) is 9.69 Å². The summed E-state index contributed by atoms with van der Waals surface area (Å²) in [6.07, 6.45) is -4.90. The lowest BCUT2D eigenvalue weighted by Crippen LogP contribution is -3.19. The lowest BCUT2D eigenvalue weighted by molar-refractivity contribution is -0.844. The van der Waals surface area contributed by atoms with Crippen molar-refractivity contribution in [3.63, 3.8) is 0 Å². The fourth-order valence-corrected chi connectivity index (χ4v) is 4.60. The second-order valence-electron chi connectivity index (χ2n) is 8.88. The molecular weight excluding hydrogens is 417 g/mol. The Balaban J connectivity index is 1.65.